The van der Waals surface area contributed by atoms with Gasteiger partial charge in [0.2, 0.25) is 5.91 Å². The summed E-state index contributed by atoms with van der Waals surface area (Å²) in [5.74, 6) is 0.0584. The predicted molar refractivity (Wildman–Crippen MR) is 125 cm³/mol. The van der Waals surface area contributed by atoms with Gasteiger partial charge in [0.15, 0.2) is 0 Å². The summed E-state index contributed by atoms with van der Waals surface area (Å²) < 4.78 is 5.21. The molecule has 0 aliphatic carbocycles. The highest BCUT2D eigenvalue weighted by Gasteiger charge is 2.34. The zero-order valence-corrected chi connectivity index (χ0v) is 19.6. The second-order valence-corrected chi connectivity index (χ2v) is 9.06. The molecule has 0 radical (unpaired) electrons. The Morgan fingerprint density at radius 3 is 2.53 bits per heavy atom. The number of likely N-dealkylation sites (tertiary alicyclic amines) is 1. The topological polar surface area (TPSA) is 87.7 Å². The minimum Gasteiger partial charge on any atom is -0.497 e. The Labute approximate surface area is 193 Å². The summed E-state index contributed by atoms with van der Waals surface area (Å²) in [4.78, 5) is 41.2. The molecule has 3 rings (SSSR count). The van der Waals surface area contributed by atoms with Crippen molar-refractivity contribution in [3.05, 3.63) is 52.2 Å². The van der Waals surface area contributed by atoms with E-state index in [0.717, 1.165) is 11.3 Å². The molecule has 0 bridgehead atoms. The molecule has 1 aliphatic heterocycles. The van der Waals surface area contributed by atoms with E-state index in [-0.39, 0.29) is 29.7 Å². The lowest BCUT2D eigenvalue weighted by Gasteiger charge is -2.36. The van der Waals surface area contributed by atoms with Crippen molar-refractivity contribution in [2.75, 3.05) is 20.2 Å². The molecule has 1 aromatic carbocycles. The molecule has 32 heavy (non-hydrogen) atoms. The third kappa shape index (κ3) is 5.88. The summed E-state index contributed by atoms with van der Waals surface area (Å²) >= 11 is 1.43. The quantitative estimate of drug-likeness (QED) is 0.637. The maximum absolute atomic E-state index is 13.1. The van der Waals surface area contributed by atoms with E-state index >= 15 is 0 Å². The average Bonchev–Trinajstić information content (AvgIpc) is 3.37. The van der Waals surface area contributed by atoms with Crippen LogP contribution in [0.5, 0.6) is 5.75 Å². The first-order valence-electron chi connectivity index (χ1n) is 11.0. The van der Waals surface area contributed by atoms with Gasteiger partial charge in [0.1, 0.15) is 11.8 Å². The van der Waals surface area contributed by atoms with E-state index in [1.54, 1.807) is 31.4 Å². The number of hydrogen-bond acceptors (Lipinski definition) is 5. The molecule has 1 saturated heterocycles. The number of methoxy groups -OCH3 is 1. The van der Waals surface area contributed by atoms with Crippen LogP contribution in [-0.2, 0) is 4.79 Å². The number of amides is 3. The van der Waals surface area contributed by atoms with Crippen molar-refractivity contribution in [2.24, 2.45) is 5.92 Å². The number of nitrogens with one attached hydrogen (secondary N) is 2. The molecular weight excluding hydrogens is 426 g/mol. The van der Waals surface area contributed by atoms with Crippen molar-refractivity contribution in [1.82, 2.24) is 15.5 Å². The van der Waals surface area contributed by atoms with Gasteiger partial charge in [-0.2, -0.15) is 0 Å². The van der Waals surface area contributed by atoms with E-state index in [2.05, 4.69) is 10.6 Å². The van der Waals surface area contributed by atoms with Gasteiger partial charge in [-0.3, -0.25) is 14.4 Å². The fourth-order valence-electron chi connectivity index (χ4n) is 3.81. The third-order valence-electron chi connectivity index (χ3n) is 5.93. The number of carbonyl (C=O) groups is 3. The molecule has 2 aromatic rings. The number of benzene rings is 1. The lowest BCUT2D eigenvalue weighted by molar-refractivity contribution is -0.125. The fraction of sp³-hybridized carbons (Fsp3) is 0.458. The molecule has 2 N–H and O–H groups in total. The van der Waals surface area contributed by atoms with Crippen LogP contribution in [0, 0.1) is 5.92 Å². The van der Waals surface area contributed by atoms with Crippen LogP contribution >= 0.6 is 11.3 Å². The van der Waals surface area contributed by atoms with Gasteiger partial charge in [0, 0.05) is 24.7 Å². The monoisotopic (exact) mass is 457 g/mol. The van der Waals surface area contributed by atoms with E-state index in [1.807, 2.05) is 36.3 Å². The van der Waals surface area contributed by atoms with E-state index < -0.39 is 6.04 Å². The van der Waals surface area contributed by atoms with E-state index in [1.165, 1.54) is 11.3 Å². The van der Waals surface area contributed by atoms with Crippen LogP contribution in [0.4, 0.5) is 0 Å². The second kappa shape index (κ2) is 11.1. The SMILES string of the molecule is CCC(C)NC(=O)C(NC(=O)c1cccc(OC)c1)C1CCN(C(=O)c2cccs2)CC1. The van der Waals surface area contributed by atoms with E-state index in [4.69, 9.17) is 4.74 Å². The molecule has 2 atom stereocenters. The van der Waals surface area contributed by atoms with E-state index in [9.17, 15) is 14.4 Å². The summed E-state index contributed by atoms with van der Waals surface area (Å²) in [5, 5.41) is 7.84. The number of carbonyl (C=O) groups excluding carboxylic acids is 3. The molecule has 1 aromatic heterocycles. The molecule has 3 amide bonds. The van der Waals surface area contributed by atoms with Gasteiger partial charge in [-0.15, -0.1) is 11.3 Å². The highest BCUT2D eigenvalue weighted by Crippen LogP contribution is 2.24. The molecule has 1 fully saturated rings. The first kappa shape index (κ1) is 23.8. The maximum atomic E-state index is 13.1. The van der Waals surface area contributed by atoms with Gasteiger partial charge >= 0.3 is 0 Å². The van der Waals surface area contributed by atoms with Crippen LogP contribution < -0.4 is 15.4 Å². The van der Waals surface area contributed by atoms with Crippen LogP contribution in [0.25, 0.3) is 0 Å². The lowest BCUT2D eigenvalue weighted by atomic mass is 9.88. The molecule has 0 saturated carbocycles. The number of piperidine rings is 1. The number of rotatable bonds is 8. The Kier molecular flexibility index (Phi) is 8.27. The highest BCUT2D eigenvalue weighted by atomic mass is 32.1. The van der Waals surface area contributed by atoms with Crippen LogP contribution in [0.3, 0.4) is 0 Å². The van der Waals surface area contributed by atoms with Gasteiger partial charge in [0.25, 0.3) is 11.8 Å². The van der Waals surface area contributed by atoms with Gasteiger partial charge in [0.05, 0.1) is 12.0 Å². The summed E-state index contributed by atoms with van der Waals surface area (Å²) in [5.41, 5.74) is 0.441. The average molecular weight is 458 g/mol. The standard InChI is InChI=1S/C24H31N3O4S/c1-4-16(2)25-23(29)21(26-22(28)18-7-5-8-19(15-18)31-3)17-10-12-27(13-11-17)24(30)20-9-6-14-32-20/h5-9,14-17,21H,4,10-13H2,1-3H3,(H,25,29)(H,26,28). The normalized spacial score (nSPS) is 16.2. The zero-order chi connectivity index (χ0) is 23.1. The number of ether oxygens (including phenoxy) is 1. The Hall–Kier alpha value is -2.87. The minimum atomic E-state index is -0.665. The second-order valence-electron chi connectivity index (χ2n) is 8.11. The van der Waals surface area contributed by atoms with Crippen molar-refractivity contribution in [2.45, 2.75) is 45.2 Å². The molecule has 172 valence electrons. The smallest absolute Gasteiger partial charge is 0.263 e. The van der Waals surface area contributed by atoms with Crippen molar-refractivity contribution in [3.8, 4) is 5.75 Å². The summed E-state index contributed by atoms with van der Waals surface area (Å²) in [7, 11) is 1.55. The van der Waals surface area contributed by atoms with Crippen LogP contribution in [0.15, 0.2) is 41.8 Å². The van der Waals surface area contributed by atoms with Gasteiger partial charge < -0.3 is 20.3 Å². The molecule has 0 spiro atoms. The van der Waals surface area contributed by atoms with Gasteiger partial charge in [-0.1, -0.05) is 19.1 Å². The Bertz CT molecular complexity index is 923. The number of hydrogen-bond donors (Lipinski definition) is 2. The summed E-state index contributed by atoms with van der Waals surface area (Å²) in [6.45, 7) is 5.07. The lowest BCUT2D eigenvalue weighted by Crippen LogP contribution is -2.55. The minimum absolute atomic E-state index is 0.0132. The third-order valence-corrected chi connectivity index (χ3v) is 6.79. The molecule has 2 unspecified atom stereocenters. The zero-order valence-electron chi connectivity index (χ0n) is 18.8. The van der Waals surface area contributed by atoms with E-state index in [0.29, 0.717) is 37.2 Å². The van der Waals surface area contributed by atoms with Crippen LogP contribution in [0.2, 0.25) is 0 Å². The predicted octanol–water partition coefficient (Wildman–Crippen LogP) is 3.32. The van der Waals surface area contributed by atoms with Crippen molar-refractivity contribution >= 4 is 29.1 Å². The summed E-state index contributed by atoms with van der Waals surface area (Å²) in [6.07, 6.45) is 2.10. The number of thiophene rings is 1. The molecule has 2 heterocycles. The van der Waals surface area contributed by atoms with Crippen molar-refractivity contribution < 1.29 is 19.1 Å². The number of nitrogens with zero attached hydrogens (tertiary/aromatic N) is 1. The van der Waals surface area contributed by atoms with Crippen molar-refractivity contribution in [3.63, 3.8) is 0 Å². The Morgan fingerprint density at radius 2 is 1.91 bits per heavy atom. The largest absolute Gasteiger partial charge is 0.497 e. The molecule has 1 aliphatic rings. The first-order valence-corrected chi connectivity index (χ1v) is 11.9. The van der Waals surface area contributed by atoms with Crippen LogP contribution in [0.1, 0.15) is 53.1 Å². The highest BCUT2D eigenvalue weighted by molar-refractivity contribution is 7.12. The maximum Gasteiger partial charge on any atom is 0.263 e. The van der Waals surface area contributed by atoms with Crippen molar-refractivity contribution in [1.29, 1.82) is 0 Å². The van der Waals surface area contributed by atoms with Gasteiger partial charge in [-0.05, 0) is 61.7 Å². The molecule has 8 heteroatoms. The first-order chi connectivity index (χ1) is 15.4. The van der Waals surface area contributed by atoms with Gasteiger partial charge in [-0.25, -0.2) is 0 Å². The van der Waals surface area contributed by atoms with Crippen LogP contribution in [-0.4, -0.2) is 54.9 Å². The fourth-order valence-corrected chi connectivity index (χ4v) is 4.50. The Balaban J connectivity index is 1.70. The molecule has 7 nitrogen and oxygen atoms in total. The summed E-state index contributed by atoms with van der Waals surface area (Å²) in [6, 6.07) is 9.91. The molecular formula is C24H31N3O4S. The Morgan fingerprint density at radius 1 is 1.16 bits per heavy atom.